The molecule has 2 aromatic carbocycles. The first-order chi connectivity index (χ1) is 15.3. The number of thiazole rings is 1. The average Bonchev–Trinajstić information content (AvgIpc) is 3.58. The number of hydrogen-bond acceptors (Lipinski definition) is 4. The number of nitrogens with one attached hydrogen (secondary N) is 1. The Morgan fingerprint density at radius 1 is 0.903 bits per heavy atom. The predicted octanol–water partition coefficient (Wildman–Crippen LogP) is 6.56. The van der Waals surface area contributed by atoms with Gasteiger partial charge in [-0.05, 0) is 62.1 Å². The zero-order valence-electron chi connectivity index (χ0n) is 18.0. The standard InChI is InChI=1S/C26H31N3OS/c1-3-7-21(8-4-1)28-26-29(22-13-14-22)23(19-31-26)17-18-27-20-11-15-25(16-12-20)30-24-9-5-2-6-10-24/h2,5-6,9-12,15-16,19,21-22,27H,1,3-4,7-8,13-14,17-18H2. The van der Waals surface area contributed by atoms with Gasteiger partial charge in [0.15, 0.2) is 4.80 Å². The number of hydrogen-bond donors (Lipinski definition) is 1. The van der Waals surface area contributed by atoms with Crippen LogP contribution in [0, 0.1) is 0 Å². The fraction of sp³-hybridized carbons (Fsp3) is 0.423. The van der Waals surface area contributed by atoms with Crippen LogP contribution in [0.3, 0.4) is 0 Å². The molecule has 2 saturated carbocycles. The van der Waals surface area contributed by atoms with Crippen LogP contribution in [0.15, 0.2) is 65.0 Å². The molecule has 0 amide bonds. The number of rotatable bonds is 8. The van der Waals surface area contributed by atoms with Crippen LogP contribution in [0.5, 0.6) is 11.5 Å². The van der Waals surface area contributed by atoms with E-state index in [2.05, 4.69) is 27.4 Å². The van der Waals surface area contributed by atoms with E-state index in [4.69, 9.17) is 9.73 Å². The van der Waals surface area contributed by atoms with Gasteiger partial charge in [-0.2, -0.15) is 0 Å². The Morgan fingerprint density at radius 2 is 1.65 bits per heavy atom. The largest absolute Gasteiger partial charge is 0.457 e. The van der Waals surface area contributed by atoms with Crippen molar-refractivity contribution in [1.29, 1.82) is 0 Å². The lowest BCUT2D eigenvalue weighted by molar-refractivity contribution is 0.433. The van der Waals surface area contributed by atoms with E-state index in [1.54, 1.807) is 0 Å². The molecule has 2 aliphatic rings. The van der Waals surface area contributed by atoms with Crippen molar-refractivity contribution in [3.63, 3.8) is 0 Å². The lowest BCUT2D eigenvalue weighted by atomic mass is 9.96. The van der Waals surface area contributed by atoms with E-state index in [-0.39, 0.29) is 0 Å². The quantitative estimate of drug-likeness (QED) is 0.437. The monoisotopic (exact) mass is 433 g/mol. The van der Waals surface area contributed by atoms with Crippen LogP contribution in [0.25, 0.3) is 0 Å². The van der Waals surface area contributed by atoms with Gasteiger partial charge in [0.2, 0.25) is 0 Å². The van der Waals surface area contributed by atoms with Crippen LogP contribution in [-0.4, -0.2) is 17.2 Å². The summed E-state index contributed by atoms with van der Waals surface area (Å²) in [5.74, 6) is 1.72. The number of benzene rings is 2. The maximum atomic E-state index is 5.88. The third kappa shape index (κ3) is 5.40. The van der Waals surface area contributed by atoms with Crippen LogP contribution in [0.1, 0.15) is 56.7 Å². The molecule has 4 nitrogen and oxygen atoms in total. The Bertz CT molecular complexity index is 1030. The SMILES string of the molecule is c1ccc(Oc2ccc(NCCc3csc(=NC4CCCCC4)n3C3CC3)cc2)cc1. The minimum Gasteiger partial charge on any atom is -0.457 e. The molecule has 2 fully saturated rings. The zero-order chi connectivity index (χ0) is 20.9. The molecule has 0 spiro atoms. The van der Waals surface area contributed by atoms with Crippen molar-refractivity contribution >= 4 is 17.0 Å². The van der Waals surface area contributed by atoms with Crippen LogP contribution in [-0.2, 0) is 6.42 Å². The van der Waals surface area contributed by atoms with Gasteiger partial charge >= 0.3 is 0 Å². The molecule has 1 heterocycles. The average molecular weight is 434 g/mol. The Hall–Kier alpha value is -2.53. The Labute approximate surface area is 188 Å². The van der Waals surface area contributed by atoms with E-state index < -0.39 is 0 Å². The van der Waals surface area contributed by atoms with E-state index in [9.17, 15) is 0 Å². The molecule has 3 aromatic rings. The molecule has 0 radical (unpaired) electrons. The minimum atomic E-state index is 0.542. The topological polar surface area (TPSA) is 38.5 Å². The number of ether oxygens (including phenoxy) is 1. The number of aromatic nitrogens is 1. The van der Waals surface area contributed by atoms with E-state index in [0.717, 1.165) is 30.2 Å². The number of nitrogens with zero attached hydrogens (tertiary/aromatic N) is 2. The third-order valence-corrected chi connectivity index (χ3v) is 7.04. The molecule has 1 N–H and O–H groups in total. The highest BCUT2D eigenvalue weighted by atomic mass is 32.1. The van der Waals surface area contributed by atoms with Gasteiger partial charge in [0.25, 0.3) is 0 Å². The van der Waals surface area contributed by atoms with Gasteiger partial charge in [-0.3, -0.25) is 4.99 Å². The van der Waals surface area contributed by atoms with Gasteiger partial charge in [-0.1, -0.05) is 37.5 Å². The molecule has 0 saturated heterocycles. The second-order valence-corrected chi connectivity index (χ2v) is 9.48. The summed E-state index contributed by atoms with van der Waals surface area (Å²) in [5.41, 5.74) is 2.55. The summed E-state index contributed by atoms with van der Waals surface area (Å²) in [6.45, 7) is 0.922. The van der Waals surface area contributed by atoms with Crippen molar-refractivity contribution < 1.29 is 4.74 Å². The lowest BCUT2D eigenvalue weighted by Crippen LogP contribution is -2.22. The molecular formula is C26H31N3OS. The Morgan fingerprint density at radius 3 is 2.39 bits per heavy atom. The fourth-order valence-electron chi connectivity index (χ4n) is 4.32. The van der Waals surface area contributed by atoms with Gasteiger partial charge in [0.1, 0.15) is 11.5 Å². The van der Waals surface area contributed by atoms with Crippen LogP contribution in [0.4, 0.5) is 5.69 Å². The molecule has 31 heavy (non-hydrogen) atoms. The summed E-state index contributed by atoms with van der Waals surface area (Å²) in [6.07, 6.45) is 10.2. The highest BCUT2D eigenvalue weighted by molar-refractivity contribution is 7.07. The normalized spacial score (nSPS) is 17.6. The second kappa shape index (κ2) is 9.73. The first kappa shape index (κ1) is 20.4. The fourth-order valence-corrected chi connectivity index (χ4v) is 5.38. The summed E-state index contributed by atoms with van der Waals surface area (Å²) >= 11 is 1.84. The molecule has 1 aromatic heterocycles. The van der Waals surface area contributed by atoms with Crippen molar-refractivity contribution in [2.24, 2.45) is 4.99 Å². The number of anilines is 1. The Balaban J connectivity index is 1.19. The molecule has 0 atom stereocenters. The Kier molecular flexibility index (Phi) is 6.40. The van der Waals surface area contributed by atoms with Gasteiger partial charge in [0.05, 0.1) is 6.04 Å². The predicted molar refractivity (Wildman–Crippen MR) is 128 cm³/mol. The molecule has 0 unspecified atom stereocenters. The molecule has 0 aliphatic heterocycles. The summed E-state index contributed by atoms with van der Waals surface area (Å²) in [6, 6.07) is 19.3. The van der Waals surface area contributed by atoms with E-state index >= 15 is 0 Å². The first-order valence-corrected chi connectivity index (χ1v) is 12.5. The third-order valence-electron chi connectivity index (χ3n) is 6.14. The second-order valence-electron chi connectivity index (χ2n) is 8.65. The zero-order valence-corrected chi connectivity index (χ0v) is 18.8. The highest BCUT2D eigenvalue weighted by Crippen LogP contribution is 2.35. The van der Waals surface area contributed by atoms with Gasteiger partial charge in [0, 0.05) is 35.8 Å². The maximum absolute atomic E-state index is 5.88. The van der Waals surface area contributed by atoms with Gasteiger partial charge in [-0.25, -0.2) is 0 Å². The minimum absolute atomic E-state index is 0.542. The molecule has 162 valence electrons. The highest BCUT2D eigenvalue weighted by Gasteiger charge is 2.27. The van der Waals surface area contributed by atoms with Crippen molar-refractivity contribution in [3.05, 3.63) is 70.5 Å². The summed E-state index contributed by atoms with van der Waals surface area (Å²) in [7, 11) is 0. The van der Waals surface area contributed by atoms with E-state index in [0.29, 0.717) is 12.1 Å². The van der Waals surface area contributed by atoms with E-state index in [1.807, 2.05) is 53.8 Å². The number of para-hydroxylation sites is 1. The van der Waals surface area contributed by atoms with Crippen molar-refractivity contribution in [2.45, 2.75) is 63.5 Å². The summed E-state index contributed by atoms with van der Waals surface area (Å²) < 4.78 is 8.42. The van der Waals surface area contributed by atoms with E-state index in [1.165, 1.54) is 55.4 Å². The van der Waals surface area contributed by atoms with Crippen LogP contribution < -0.4 is 14.9 Å². The van der Waals surface area contributed by atoms with Crippen molar-refractivity contribution in [3.8, 4) is 11.5 Å². The summed E-state index contributed by atoms with van der Waals surface area (Å²) in [5, 5.41) is 5.90. The van der Waals surface area contributed by atoms with Gasteiger partial charge in [-0.15, -0.1) is 11.3 Å². The molecule has 0 bridgehead atoms. The molecule has 5 heteroatoms. The maximum Gasteiger partial charge on any atom is 0.185 e. The molecule has 2 aliphatic carbocycles. The van der Waals surface area contributed by atoms with Crippen molar-refractivity contribution in [2.75, 3.05) is 11.9 Å². The smallest absolute Gasteiger partial charge is 0.185 e. The molecule has 5 rings (SSSR count). The van der Waals surface area contributed by atoms with Crippen LogP contribution >= 0.6 is 11.3 Å². The summed E-state index contributed by atoms with van der Waals surface area (Å²) in [4.78, 5) is 6.41. The molecular weight excluding hydrogens is 402 g/mol. The van der Waals surface area contributed by atoms with Crippen LogP contribution in [0.2, 0.25) is 0 Å². The van der Waals surface area contributed by atoms with Crippen molar-refractivity contribution in [1.82, 2.24) is 4.57 Å². The first-order valence-electron chi connectivity index (χ1n) is 11.6. The van der Waals surface area contributed by atoms with Gasteiger partial charge < -0.3 is 14.6 Å². The lowest BCUT2D eigenvalue weighted by Gasteiger charge is -2.17.